The molecule has 0 bridgehead atoms. The van der Waals surface area contributed by atoms with Crippen LogP contribution in [0.2, 0.25) is 0 Å². The van der Waals surface area contributed by atoms with Crippen LogP contribution in [0.4, 0.5) is 0 Å². The quantitative estimate of drug-likeness (QED) is 0.411. The van der Waals surface area contributed by atoms with Crippen molar-refractivity contribution in [1.29, 1.82) is 0 Å². The van der Waals surface area contributed by atoms with E-state index in [1.165, 1.54) is 7.11 Å². The zero-order valence-corrected chi connectivity index (χ0v) is 18.0. The van der Waals surface area contributed by atoms with E-state index in [1.54, 1.807) is 48.5 Å². The SMILES string of the molecule is CC(C)(C)NN.COc1ccccc1C(=O)Cl.Cl.O=C(Cl)c1ccccc1. The lowest BCUT2D eigenvalue weighted by atomic mass is 10.1. The predicted octanol–water partition coefficient (Wildman–Crippen LogP) is 4.81. The minimum atomic E-state index is -0.498. The number of hydrogen-bond acceptors (Lipinski definition) is 5. The van der Waals surface area contributed by atoms with Crippen LogP contribution in [0, 0.1) is 0 Å². The number of carbonyl (C=O) groups is 2. The fourth-order valence-electron chi connectivity index (χ4n) is 1.38. The van der Waals surface area contributed by atoms with E-state index < -0.39 is 10.5 Å². The van der Waals surface area contributed by atoms with Gasteiger partial charge >= 0.3 is 0 Å². The first-order valence-electron chi connectivity index (χ1n) is 7.68. The van der Waals surface area contributed by atoms with Gasteiger partial charge in [-0.05, 0) is 56.1 Å². The van der Waals surface area contributed by atoms with Gasteiger partial charge in [0.25, 0.3) is 10.5 Å². The van der Waals surface area contributed by atoms with Crippen molar-refractivity contribution in [1.82, 2.24) is 5.43 Å². The molecule has 0 unspecified atom stereocenters. The molecule has 0 heterocycles. The molecule has 5 nitrogen and oxygen atoms in total. The molecule has 0 aliphatic carbocycles. The van der Waals surface area contributed by atoms with Crippen LogP contribution in [0.15, 0.2) is 54.6 Å². The molecule has 0 fully saturated rings. The fourth-order valence-corrected chi connectivity index (χ4v) is 1.66. The number of para-hydroxylation sites is 1. The zero-order valence-electron chi connectivity index (χ0n) is 15.7. The third-order valence-corrected chi connectivity index (χ3v) is 3.17. The van der Waals surface area contributed by atoms with Crippen LogP contribution in [0.1, 0.15) is 41.5 Å². The van der Waals surface area contributed by atoms with Crippen molar-refractivity contribution in [2.45, 2.75) is 26.3 Å². The Morgan fingerprint density at radius 3 is 1.67 bits per heavy atom. The topological polar surface area (TPSA) is 81.4 Å². The second-order valence-electron chi connectivity index (χ2n) is 6.01. The van der Waals surface area contributed by atoms with Crippen LogP contribution in [-0.2, 0) is 0 Å². The van der Waals surface area contributed by atoms with E-state index in [2.05, 4.69) is 5.43 Å². The Balaban J connectivity index is 0. The monoisotopic (exact) mass is 434 g/mol. The van der Waals surface area contributed by atoms with Crippen LogP contribution < -0.4 is 16.0 Å². The van der Waals surface area contributed by atoms with E-state index in [0.29, 0.717) is 16.9 Å². The molecule has 2 aromatic carbocycles. The summed E-state index contributed by atoms with van der Waals surface area (Å²) in [5, 5.41) is -0.905. The second-order valence-corrected chi connectivity index (χ2v) is 6.69. The Hall–Kier alpha value is -1.63. The molecule has 0 aliphatic rings. The number of nitrogens with one attached hydrogen (secondary N) is 1. The molecule has 150 valence electrons. The van der Waals surface area contributed by atoms with Gasteiger partial charge in [0.05, 0.1) is 12.7 Å². The smallest absolute Gasteiger partial charge is 0.256 e. The van der Waals surface area contributed by atoms with Crippen LogP contribution in [-0.4, -0.2) is 23.1 Å². The molecule has 2 rings (SSSR count). The highest BCUT2D eigenvalue weighted by Crippen LogP contribution is 2.18. The van der Waals surface area contributed by atoms with E-state index >= 15 is 0 Å². The maximum Gasteiger partial charge on any atom is 0.256 e. The molecule has 0 radical (unpaired) electrons. The van der Waals surface area contributed by atoms with Crippen molar-refractivity contribution in [3.8, 4) is 5.75 Å². The van der Waals surface area contributed by atoms with Crippen molar-refractivity contribution in [3.05, 3.63) is 65.7 Å². The number of ether oxygens (including phenoxy) is 1. The summed E-state index contributed by atoms with van der Waals surface area (Å²) < 4.78 is 4.90. The molecule has 0 aromatic heterocycles. The van der Waals surface area contributed by atoms with Crippen LogP contribution in [0.5, 0.6) is 5.75 Å². The Kier molecular flexibility index (Phi) is 14.7. The molecule has 2 aromatic rings. The molecule has 8 heteroatoms. The average molecular weight is 436 g/mol. The largest absolute Gasteiger partial charge is 0.496 e. The van der Waals surface area contributed by atoms with Gasteiger partial charge in [-0.2, -0.15) is 0 Å². The van der Waals surface area contributed by atoms with Crippen molar-refractivity contribution < 1.29 is 14.3 Å². The first kappa shape index (κ1) is 27.6. The Morgan fingerprint density at radius 1 is 0.926 bits per heavy atom. The van der Waals surface area contributed by atoms with Crippen LogP contribution in [0.3, 0.4) is 0 Å². The lowest BCUT2D eigenvalue weighted by Gasteiger charge is -2.14. The number of nitrogens with two attached hydrogens (primary N) is 1. The predicted molar refractivity (Wildman–Crippen MR) is 114 cm³/mol. The average Bonchev–Trinajstić information content (AvgIpc) is 2.62. The minimum absolute atomic E-state index is 0. The molecule has 0 spiro atoms. The van der Waals surface area contributed by atoms with Gasteiger partial charge in [-0.15, -0.1) is 12.4 Å². The maximum absolute atomic E-state index is 10.7. The maximum atomic E-state index is 10.7. The van der Waals surface area contributed by atoms with E-state index in [0.717, 1.165) is 0 Å². The highest BCUT2D eigenvalue weighted by Gasteiger charge is 2.06. The van der Waals surface area contributed by atoms with Crippen molar-refractivity contribution >= 4 is 46.1 Å². The van der Waals surface area contributed by atoms with Gasteiger partial charge in [-0.25, -0.2) is 0 Å². The summed E-state index contributed by atoms with van der Waals surface area (Å²) in [5.74, 6) is 5.56. The van der Waals surface area contributed by atoms with E-state index in [-0.39, 0.29) is 17.9 Å². The molecular formula is C19H25Cl3N2O3. The first-order valence-corrected chi connectivity index (χ1v) is 8.43. The highest BCUT2D eigenvalue weighted by molar-refractivity contribution is 6.68. The van der Waals surface area contributed by atoms with Crippen molar-refractivity contribution in [3.63, 3.8) is 0 Å². The van der Waals surface area contributed by atoms with E-state index in [9.17, 15) is 9.59 Å². The molecule has 3 N–H and O–H groups in total. The first-order chi connectivity index (χ1) is 12.1. The van der Waals surface area contributed by atoms with Gasteiger partial charge in [0.1, 0.15) is 5.75 Å². The van der Waals surface area contributed by atoms with Gasteiger partial charge in [-0.3, -0.25) is 20.9 Å². The summed E-state index contributed by atoms with van der Waals surface area (Å²) >= 11 is 10.4. The Bertz CT molecular complexity index is 690. The van der Waals surface area contributed by atoms with E-state index in [4.69, 9.17) is 33.8 Å². The van der Waals surface area contributed by atoms with Gasteiger partial charge in [0, 0.05) is 11.1 Å². The van der Waals surface area contributed by atoms with Crippen LogP contribution in [0.25, 0.3) is 0 Å². The molecule has 0 atom stereocenters. The molecule has 0 saturated heterocycles. The number of benzene rings is 2. The summed E-state index contributed by atoms with van der Waals surface area (Å²) in [7, 11) is 1.50. The molecule has 0 saturated carbocycles. The molecule has 0 aliphatic heterocycles. The zero-order chi connectivity index (χ0) is 20.2. The standard InChI is InChI=1S/C8H7ClO2.C7H5ClO.C4H12N2.ClH/c1-11-7-5-3-2-4-6(7)8(9)10;8-7(9)6-4-2-1-3-5-6;1-4(2,3)6-5;/h2-5H,1H3;1-5H;6H,5H2,1-3H3;1H. The molecule has 27 heavy (non-hydrogen) atoms. The normalized spacial score (nSPS) is 9.44. The molecular weight excluding hydrogens is 411 g/mol. The Labute approximate surface area is 176 Å². The van der Waals surface area contributed by atoms with Crippen molar-refractivity contribution in [2.75, 3.05) is 7.11 Å². The third-order valence-electron chi connectivity index (χ3n) is 2.75. The van der Waals surface area contributed by atoms with Gasteiger partial charge in [-0.1, -0.05) is 42.5 Å². The summed E-state index contributed by atoms with van der Waals surface area (Å²) in [5.41, 5.74) is 3.61. The van der Waals surface area contributed by atoms with Gasteiger partial charge < -0.3 is 4.74 Å². The number of carbonyl (C=O) groups excluding carboxylic acids is 2. The van der Waals surface area contributed by atoms with Gasteiger partial charge in [0.15, 0.2) is 0 Å². The third kappa shape index (κ3) is 13.2. The van der Waals surface area contributed by atoms with Gasteiger partial charge in [0.2, 0.25) is 0 Å². The number of methoxy groups -OCH3 is 1. The van der Waals surface area contributed by atoms with E-state index in [1.807, 2.05) is 26.8 Å². The number of halogens is 3. The fraction of sp³-hybridized carbons (Fsp3) is 0.263. The lowest BCUT2D eigenvalue weighted by molar-refractivity contribution is 0.107. The highest BCUT2D eigenvalue weighted by atomic mass is 35.5. The summed E-state index contributed by atoms with van der Waals surface area (Å²) in [4.78, 5) is 21.1. The summed E-state index contributed by atoms with van der Waals surface area (Å²) in [6.45, 7) is 6.02. The summed E-state index contributed by atoms with van der Waals surface area (Å²) in [6, 6.07) is 15.6. The van der Waals surface area contributed by atoms with Crippen LogP contribution >= 0.6 is 35.6 Å². The Morgan fingerprint density at radius 2 is 1.37 bits per heavy atom. The number of hydrogen-bond donors (Lipinski definition) is 2. The second kappa shape index (κ2) is 14.4. The molecule has 0 amide bonds. The minimum Gasteiger partial charge on any atom is -0.496 e. The number of hydrazine groups is 1. The van der Waals surface area contributed by atoms with Crippen molar-refractivity contribution in [2.24, 2.45) is 5.84 Å². The summed E-state index contributed by atoms with van der Waals surface area (Å²) in [6.07, 6.45) is 0. The number of rotatable bonds is 3. The lowest BCUT2D eigenvalue weighted by Crippen LogP contribution is -2.41.